The first-order valence-corrected chi connectivity index (χ1v) is 8.70. The highest BCUT2D eigenvalue weighted by Crippen LogP contribution is 2.23. The lowest BCUT2D eigenvalue weighted by Gasteiger charge is -2.26. The Morgan fingerprint density at radius 2 is 1.92 bits per heavy atom. The van der Waals surface area contributed by atoms with Gasteiger partial charge in [0.2, 0.25) is 0 Å². The molecule has 1 aliphatic rings. The Labute approximate surface area is 146 Å². The zero-order valence-electron chi connectivity index (χ0n) is 14.1. The minimum atomic E-state index is 0.483. The van der Waals surface area contributed by atoms with Crippen LogP contribution < -0.4 is 11.1 Å². The van der Waals surface area contributed by atoms with Gasteiger partial charge in [0.15, 0.2) is 11.6 Å². The van der Waals surface area contributed by atoms with Crippen LogP contribution in [0.4, 0.5) is 11.5 Å². The highest BCUT2D eigenvalue weighted by molar-refractivity contribution is 5.78. The minimum absolute atomic E-state index is 0.483. The maximum Gasteiger partial charge on any atom is 0.184 e. The van der Waals surface area contributed by atoms with Gasteiger partial charge in [-0.1, -0.05) is 23.8 Å². The summed E-state index contributed by atoms with van der Waals surface area (Å²) in [4.78, 5) is 11.1. The third-order valence-electron chi connectivity index (χ3n) is 4.58. The molecule has 0 atom stereocenters. The molecule has 0 spiro atoms. The third kappa shape index (κ3) is 3.25. The van der Waals surface area contributed by atoms with Gasteiger partial charge in [0.25, 0.3) is 0 Å². The van der Waals surface area contributed by atoms with Gasteiger partial charge in [-0.05, 0) is 38.1 Å². The smallest absolute Gasteiger partial charge is 0.184 e. The summed E-state index contributed by atoms with van der Waals surface area (Å²) in [7, 11) is 0. The Morgan fingerprint density at radius 1 is 1.08 bits per heavy atom. The van der Waals surface area contributed by atoms with Gasteiger partial charge in [0.1, 0.15) is 17.5 Å². The molecule has 8 nitrogen and oxygen atoms in total. The Kier molecular flexibility index (Phi) is 4.43. The van der Waals surface area contributed by atoms with Crippen LogP contribution in [-0.2, 0) is 0 Å². The standard InChI is InChI=1S/C17H22N8/c18-15-16(19-8-11-24-9-4-1-5-10-24)20-12-21-17(15)25-14-7-3-2-6-13(14)22-23-25/h2-3,6-7,12H,1,4-5,8-11,18H2,(H,19,20,21). The number of piperidine rings is 1. The Bertz CT molecular complexity index is 853. The van der Waals surface area contributed by atoms with E-state index in [2.05, 4.69) is 30.5 Å². The summed E-state index contributed by atoms with van der Waals surface area (Å²) in [6, 6.07) is 7.73. The van der Waals surface area contributed by atoms with Crippen LogP contribution in [0.1, 0.15) is 19.3 Å². The Morgan fingerprint density at radius 3 is 2.80 bits per heavy atom. The van der Waals surface area contributed by atoms with E-state index in [0.717, 1.165) is 24.1 Å². The van der Waals surface area contributed by atoms with Crippen molar-refractivity contribution in [2.75, 3.05) is 37.2 Å². The first kappa shape index (κ1) is 15.8. The van der Waals surface area contributed by atoms with E-state index in [1.807, 2.05) is 24.3 Å². The van der Waals surface area contributed by atoms with Crippen LogP contribution in [0, 0.1) is 0 Å². The van der Waals surface area contributed by atoms with Gasteiger partial charge in [0.05, 0.1) is 5.52 Å². The van der Waals surface area contributed by atoms with Crippen molar-refractivity contribution in [3.8, 4) is 5.82 Å². The molecule has 1 aromatic carbocycles. The van der Waals surface area contributed by atoms with Crippen LogP contribution in [0.2, 0.25) is 0 Å². The van der Waals surface area contributed by atoms with Gasteiger partial charge < -0.3 is 16.0 Å². The monoisotopic (exact) mass is 338 g/mol. The Hall–Kier alpha value is -2.74. The first-order chi connectivity index (χ1) is 12.3. The van der Waals surface area contributed by atoms with Gasteiger partial charge in [-0.15, -0.1) is 5.10 Å². The van der Waals surface area contributed by atoms with Crippen LogP contribution in [0.3, 0.4) is 0 Å². The highest BCUT2D eigenvalue weighted by atomic mass is 15.4. The fourth-order valence-electron chi connectivity index (χ4n) is 3.24. The molecule has 3 N–H and O–H groups in total. The maximum atomic E-state index is 6.30. The summed E-state index contributed by atoms with van der Waals surface area (Å²) < 4.78 is 1.65. The van der Waals surface area contributed by atoms with E-state index in [4.69, 9.17) is 5.73 Å². The fraction of sp³-hybridized carbons (Fsp3) is 0.412. The van der Waals surface area contributed by atoms with Crippen LogP contribution >= 0.6 is 0 Å². The van der Waals surface area contributed by atoms with Crippen molar-refractivity contribution in [2.45, 2.75) is 19.3 Å². The summed E-state index contributed by atoms with van der Waals surface area (Å²) in [6.45, 7) is 4.15. The summed E-state index contributed by atoms with van der Waals surface area (Å²) in [6.07, 6.45) is 5.43. The zero-order valence-corrected chi connectivity index (χ0v) is 14.1. The molecule has 4 rings (SSSR count). The zero-order chi connectivity index (χ0) is 17.1. The number of aromatic nitrogens is 5. The van der Waals surface area contributed by atoms with Crippen molar-refractivity contribution < 1.29 is 0 Å². The van der Waals surface area contributed by atoms with Gasteiger partial charge in [-0.2, -0.15) is 4.68 Å². The molecule has 1 fully saturated rings. The van der Waals surface area contributed by atoms with Crippen LogP contribution in [0.25, 0.3) is 16.9 Å². The summed E-state index contributed by atoms with van der Waals surface area (Å²) in [5, 5.41) is 11.7. The number of hydrogen-bond donors (Lipinski definition) is 2. The van der Waals surface area contributed by atoms with Crippen molar-refractivity contribution in [2.24, 2.45) is 0 Å². The van der Waals surface area contributed by atoms with Crippen LogP contribution in [0.15, 0.2) is 30.6 Å². The maximum absolute atomic E-state index is 6.30. The average Bonchev–Trinajstić information content (AvgIpc) is 3.08. The molecule has 8 heteroatoms. The lowest BCUT2D eigenvalue weighted by atomic mass is 10.1. The summed E-state index contributed by atoms with van der Waals surface area (Å²) >= 11 is 0. The number of likely N-dealkylation sites (tertiary alicyclic amines) is 1. The van der Waals surface area contributed by atoms with E-state index in [1.165, 1.54) is 38.7 Å². The quantitative estimate of drug-likeness (QED) is 0.730. The molecule has 130 valence electrons. The van der Waals surface area contributed by atoms with Gasteiger partial charge >= 0.3 is 0 Å². The van der Waals surface area contributed by atoms with E-state index >= 15 is 0 Å². The predicted octanol–water partition coefficient (Wildman–Crippen LogP) is 1.69. The average molecular weight is 338 g/mol. The first-order valence-electron chi connectivity index (χ1n) is 8.70. The summed E-state index contributed by atoms with van der Waals surface area (Å²) in [5.74, 6) is 1.19. The number of nitrogens with one attached hydrogen (secondary N) is 1. The van der Waals surface area contributed by atoms with Crippen molar-refractivity contribution in [1.82, 2.24) is 29.9 Å². The number of nitrogens with two attached hydrogens (primary N) is 1. The Balaban J connectivity index is 1.52. The van der Waals surface area contributed by atoms with Gasteiger partial charge in [0, 0.05) is 13.1 Å². The van der Waals surface area contributed by atoms with Crippen LogP contribution in [0.5, 0.6) is 0 Å². The van der Waals surface area contributed by atoms with Crippen molar-refractivity contribution >= 4 is 22.5 Å². The number of benzene rings is 1. The van der Waals surface area contributed by atoms with Crippen molar-refractivity contribution in [3.05, 3.63) is 30.6 Å². The number of para-hydroxylation sites is 1. The van der Waals surface area contributed by atoms with Crippen molar-refractivity contribution in [1.29, 1.82) is 0 Å². The fourth-order valence-corrected chi connectivity index (χ4v) is 3.24. The molecule has 1 aliphatic heterocycles. The molecule has 1 saturated heterocycles. The lowest BCUT2D eigenvalue weighted by molar-refractivity contribution is 0.237. The number of anilines is 2. The second-order valence-electron chi connectivity index (χ2n) is 6.28. The molecule has 0 saturated carbocycles. The molecular weight excluding hydrogens is 316 g/mol. The van der Waals surface area contributed by atoms with Crippen LogP contribution in [-0.4, -0.2) is 56.0 Å². The molecule has 3 aromatic rings. The number of nitrogens with zero attached hydrogens (tertiary/aromatic N) is 6. The van der Waals surface area contributed by atoms with E-state index in [0.29, 0.717) is 17.3 Å². The lowest BCUT2D eigenvalue weighted by Crippen LogP contribution is -2.33. The topological polar surface area (TPSA) is 97.8 Å². The van der Waals surface area contributed by atoms with Gasteiger partial charge in [-0.3, -0.25) is 0 Å². The number of hydrogen-bond acceptors (Lipinski definition) is 7. The number of rotatable bonds is 5. The van der Waals surface area contributed by atoms with E-state index < -0.39 is 0 Å². The molecule has 0 unspecified atom stereocenters. The second kappa shape index (κ2) is 7.02. The minimum Gasteiger partial charge on any atom is -0.393 e. The number of nitrogen functional groups attached to an aromatic ring is 1. The largest absolute Gasteiger partial charge is 0.393 e. The molecule has 0 radical (unpaired) electrons. The second-order valence-corrected chi connectivity index (χ2v) is 6.28. The molecular formula is C17H22N8. The molecule has 0 amide bonds. The van der Waals surface area contributed by atoms with Crippen molar-refractivity contribution in [3.63, 3.8) is 0 Å². The van der Waals surface area contributed by atoms with Gasteiger partial charge in [-0.25, -0.2) is 9.97 Å². The normalized spacial score (nSPS) is 15.5. The molecule has 0 aliphatic carbocycles. The number of fused-ring (bicyclic) bond motifs is 1. The van der Waals surface area contributed by atoms with E-state index in [1.54, 1.807) is 4.68 Å². The highest BCUT2D eigenvalue weighted by Gasteiger charge is 2.14. The van der Waals surface area contributed by atoms with E-state index in [-0.39, 0.29) is 0 Å². The molecule has 2 aromatic heterocycles. The summed E-state index contributed by atoms with van der Waals surface area (Å²) in [5.41, 5.74) is 8.45. The SMILES string of the molecule is Nc1c(NCCN2CCCCC2)ncnc1-n1nnc2ccccc21. The predicted molar refractivity (Wildman–Crippen MR) is 97.6 cm³/mol. The van der Waals surface area contributed by atoms with E-state index in [9.17, 15) is 0 Å². The molecule has 3 heterocycles. The third-order valence-corrected chi connectivity index (χ3v) is 4.58. The molecule has 0 bridgehead atoms. The molecule has 25 heavy (non-hydrogen) atoms.